The first-order valence-corrected chi connectivity index (χ1v) is 8.02. The number of benzene rings is 1. The lowest BCUT2D eigenvalue weighted by atomic mass is 10.2. The van der Waals surface area contributed by atoms with Gasteiger partial charge in [-0.05, 0) is 42.0 Å². The Bertz CT molecular complexity index is 428. The van der Waals surface area contributed by atoms with Crippen LogP contribution in [0, 0.1) is 9.39 Å². The van der Waals surface area contributed by atoms with E-state index in [1.165, 1.54) is 6.07 Å². The summed E-state index contributed by atoms with van der Waals surface area (Å²) in [5, 5.41) is 3.13. The molecule has 17 heavy (non-hydrogen) atoms. The molecule has 1 aromatic carbocycles. The Morgan fingerprint density at radius 2 is 2.24 bits per heavy atom. The van der Waals surface area contributed by atoms with Crippen molar-refractivity contribution in [1.82, 2.24) is 0 Å². The summed E-state index contributed by atoms with van der Waals surface area (Å²) in [5.41, 5.74) is 6.92. The molecule has 0 heterocycles. The van der Waals surface area contributed by atoms with Crippen molar-refractivity contribution in [3.63, 3.8) is 0 Å². The molecule has 2 atom stereocenters. The van der Waals surface area contributed by atoms with Gasteiger partial charge in [-0.3, -0.25) is 4.21 Å². The smallest absolute Gasteiger partial charge is 0.138 e. The zero-order valence-electron chi connectivity index (χ0n) is 9.80. The second kappa shape index (κ2) is 6.53. The van der Waals surface area contributed by atoms with Crippen molar-refractivity contribution in [3.8, 4) is 0 Å². The number of hydrogen-bond acceptors (Lipinski definition) is 3. The van der Waals surface area contributed by atoms with Crippen molar-refractivity contribution in [2.75, 3.05) is 23.1 Å². The molecule has 3 nitrogen and oxygen atoms in total. The van der Waals surface area contributed by atoms with Crippen LogP contribution in [-0.4, -0.2) is 22.3 Å². The molecule has 0 amide bonds. The highest BCUT2D eigenvalue weighted by Gasteiger charge is 2.09. The minimum absolute atomic E-state index is 0.112. The summed E-state index contributed by atoms with van der Waals surface area (Å²) in [6.07, 6.45) is 2.43. The van der Waals surface area contributed by atoms with Crippen molar-refractivity contribution in [2.45, 2.75) is 19.4 Å². The summed E-state index contributed by atoms with van der Waals surface area (Å²) in [7, 11) is -0.804. The number of anilines is 2. The quantitative estimate of drug-likeness (QED) is 0.619. The number of nitrogens with two attached hydrogens (primary N) is 1. The molecule has 0 aromatic heterocycles. The molecule has 2 unspecified atom stereocenters. The van der Waals surface area contributed by atoms with Gasteiger partial charge in [0, 0.05) is 34.9 Å². The first-order chi connectivity index (χ1) is 7.90. The van der Waals surface area contributed by atoms with Gasteiger partial charge in [-0.25, -0.2) is 4.39 Å². The van der Waals surface area contributed by atoms with Crippen molar-refractivity contribution in [2.24, 2.45) is 0 Å². The normalized spacial score (nSPS) is 14.4. The van der Waals surface area contributed by atoms with E-state index in [0.717, 1.165) is 6.42 Å². The second-order valence-corrected chi connectivity index (χ2v) is 6.68. The fourth-order valence-electron chi connectivity index (χ4n) is 1.37. The molecular weight excluding hydrogens is 354 g/mol. The van der Waals surface area contributed by atoms with E-state index < -0.39 is 10.8 Å². The molecule has 0 radical (unpaired) electrons. The SMILES string of the molecule is CC(CCS(C)=O)Nc1cc(F)c(I)cc1N. The van der Waals surface area contributed by atoms with Crippen LogP contribution in [0.2, 0.25) is 0 Å². The van der Waals surface area contributed by atoms with E-state index in [1.807, 2.05) is 29.5 Å². The van der Waals surface area contributed by atoms with Gasteiger partial charge in [0.25, 0.3) is 0 Å². The topological polar surface area (TPSA) is 55.1 Å². The molecule has 1 rings (SSSR count). The van der Waals surface area contributed by atoms with Gasteiger partial charge < -0.3 is 11.1 Å². The molecule has 0 saturated heterocycles. The third kappa shape index (κ3) is 4.79. The van der Waals surface area contributed by atoms with Crippen LogP contribution in [0.5, 0.6) is 0 Å². The predicted octanol–water partition coefficient (Wildman–Crippen LogP) is 2.58. The molecule has 6 heteroatoms. The molecule has 96 valence electrons. The molecule has 0 spiro atoms. The molecule has 0 bridgehead atoms. The van der Waals surface area contributed by atoms with Gasteiger partial charge >= 0.3 is 0 Å². The lowest BCUT2D eigenvalue weighted by Gasteiger charge is -2.16. The van der Waals surface area contributed by atoms with Crippen molar-refractivity contribution >= 4 is 44.8 Å². The van der Waals surface area contributed by atoms with Gasteiger partial charge in [-0.15, -0.1) is 0 Å². The zero-order valence-corrected chi connectivity index (χ0v) is 12.8. The molecule has 3 N–H and O–H groups in total. The summed E-state index contributed by atoms with van der Waals surface area (Å²) < 4.78 is 24.8. The number of hydrogen-bond donors (Lipinski definition) is 2. The molecule has 0 aliphatic rings. The zero-order chi connectivity index (χ0) is 13.0. The Morgan fingerprint density at radius 1 is 1.59 bits per heavy atom. The molecule has 0 aliphatic heterocycles. The van der Waals surface area contributed by atoms with Crippen LogP contribution in [0.1, 0.15) is 13.3 Å². The molecule has 0 fully saturated rings. The monoisotopic (exact) mass is 370 g/mol. The van der Waals surface area contributed by atoms with Crippen molar-refractivity contribution in [1.29, 1.82) is 0 Å². The van der Waals surface area contributed by atoms with Gasteiger partial charge in [-0.1, -0.05) is 0 Å². The maximum Gasteiger partial charge on any atom is 0.138 e. The number of nitrogen functional groups attached to an aromatic ring is 1. The molecular formula is C11H16FIN2OS. The van der Waals surface area contributed by atoms with Crippen LogP contribution >= 0.6 is 22.6 Å². The number of halogens is 2. The Morgan fingerprint density at radius 3 is 2.82 bits per heavy atom. The Labute approximate surface area is 117 Å². The summed E-state index contributed by atoms with van der Waals surface area (Å²) in [6.45, 7) is 1.96. The lowest BCUT2D eigenvalue weighted by Crippen LogP contribution is -2.19. The van der Waals surface area contributed by atoms with E-state index in [9.17, 15) is 8.60 Å². The van der Waals surface area contributed by atoms with Crippen molar-refractivity contribution < 1.29 is 8.60 Å². The van der Waals surface area contributed by atoms with Gasteiger partial charge in [0.1, 0.15) is 5.82 Å². The predicted molar refractivity (Wildman–Crippen MR) is 80.2 cm³/mol. The average Bonchev–Trinajstić information content (AvgIpc) is 2.23. The van der Waals surface area contributed by atoms with Crippen LogP contribution in [0.4, 0.5) is 15.8 Å². The maximum atomic E-state index is 13.4. The van der Waals surface area contributed by atoms with E-state index >= 15 is 0 Å². The van der Waals surface area contributed by atoms with Crippen LogP contribution in [0.15, 0.2) is 12.1 Å². The lowest BCUT2D eigenvalue weighted by molar-refractivity contribution is 0.620. The highest BCUT2D eigenvalue weighted by Crippen LogP contribution is 2.24. The standard InChI is InChI=1S/C11H16FIN2OS/c1-7(3-4-17(2)16)15-11-5-8(12)9(13)6-10(11)14/h5-7,15H,3-4,14H2,1-2H3. The van der Waals surface area contributed by atoms with Crippen molar-refractivity contribution in [3.05, 3.63) is 21.5 Å². The second-order valence-electron chi connectivity index (χ2n) is 3.96. The van der Waals surface area contributed by atoms with Gasteiger partial charge in [0.2, 0.25) is 0 Å². The van der Waals surface area contributed by atoms with E-state index in [-0.39, 0.29) is 11.9 Å². The third-order valence-corrected chi connectivity index (χ3v) is 3.97. The van der Waals surface area contributed by atoms with E-state index in [1.54, 1.807) is 12.3 Å². The summed E-state index contributed by atoms with van der Waals surface area (Å²) in [6, 6.07) is 3.11. The first-order valence-electron chi connectivity index (χ1n) is 5.21. The average molecular weight is 370 g/mol. The molecule has 0 saturated carbocycles. The van der Waals surface area contributed by atoms with Gasteiger partial charge in [0.15, 0.2) is 0 Å². The fourth-order valence-corrected chi connectivity index (χ4v) is 2.54. The number of nitrogens with one attached hydrogen (secondary N) is 1. The molecule has 0 aliphatic carbocycles. The fraction of sp³-hybridized carbons (Fsp3) is 0.455. The van der Waals surface area contributed by atoms with E-state index in [2.05, 4.69) is 5.32 Å². The summed E-state index contributed by atoms with van der Waals surface area (Å²) >= 11 is 1.90. The largest absolute Gasteiger partial charge is 0.397 e. The van der Waals surface area contributed by atoms with Crippen LogP contribution in [0.25, 0.3) is 0 Å². The van der Waals surface area contributed by atoms with Gasteiger partial charge in [0.05, 0.1) is 14.9 Å². The maximum absolute atomic E-state index is 13.4. The Kier molecular flexibility index (Phi) is 5.64. The minimum atomic E-state index is -0.804. The van der Waals surface area contributed by atoms with E-state index in [4.69, 9.17) is 5.73 Å². The van der Waals surface area contributed by atoms with Gasteiger partial charge in [-0.2, -0.15) is 0 Å². The Hall–Kier alpha value is -0.370. The highest BCUT2D eigenvalue weighted by molar-refractivity contribution is 14.1. The minimum Gasteiger partial charge on any atom is -0.397 e. The third-order valence-electron chi connectivity index (χ3n) is 2.33. The van der Waals surface area contributed by atoms with Crippen LogP contribution in [0.3, 0.4) is 0 Å². The summed E-state index contributed by atoms with van der Waals surface area (Å²) in [4.78, 5) is 0. The highest BCUT2D eigenvalue weighted by atomic mass is 127. The Balaban J connectivity index is 2.68. The van der Waals surface area contributed by atoms with Crippen LogP contribution < -0.4 is 11.1 Å². The first kappa shape index (κ1) is 14.7. The summed E-state index contributed by atoms with van der Waals surface area (Å²) in [5.74, 6) is 0.342. The van der Waals surface area contributed by atoms with E-state index in [0.29, 0.717) is 20.7 Å². The number of rotatable bonds is 5. The van der Waals surface area contributed by atoms with Crippen LogP contribution in [-0.2, 0) is 10.8 Å². The molecule has 1 aromatic rings.